The first-order valence-corrected chi connectivity index (χ1v) is 14.2. The van der Waals surface area contributed by atoms with Gasteiger partial charge in [0.1, 0.15) is 11.3 Å². The summed E-state index contributed by atoms with van der Waals surface area (Å²) in [4.78, 5) is 10.7. The number of fused-ring (bicyclic) bond motifs is 1. The van der Waals surface area contributed by atoms with Crippen molar-refractivity contribution in [2.45, 2.75) is 44.5 Å². The number of oxazole rings is 1. The van der Waals surface area contributed by atoms with Gasteiger partial charge in [-0.05, 0) is 72.4 Å². The van der Waals surface area contributed by atoms with E-state index in [2.05, 4.69) is 46.9 Å². The van der Waals surface area contributed by atoms with Crippen molar-refractivity contribution in [2.75, 3.05) is 23.7 Å². The molecule has 0 amide bonds. The van der Waals surface area contributed by atoms with Gasteiger partial charge in [-0.15, -0.1) is 0 Å². The van der Waals surface area contributed by atoms with Crippen molar-refractivity contribution < 1.29 is 17.6 Å². The monoisotopic (exact) mass is 550 g/mol. The van der Waals surface area contributed by atoms with Gasteiger partial charge >= 0.3 is 6.18 Å². The van der Waals surface area contributed by atoms with E-state index in [-0.39, 0.29) is 5.92 Å². The molecular weight excluding hydrogens is 521 g/mol. The van der Waals surface area contributed by atoms with Crippen molar-refractivity contribution in [1.29, 1.82) is 5.26 Å². The van der Waals surface area contributed by atoms with Crippen molar-refractivity contribution >= 4 is 28.7 Å². The molecule has 5 rings (SSSR count). The molecule has 3 heterocycles. The topological polar surface area (TPSA) is 66.0 Å². The van der Waals surface area contributed by atoms with E-state index in [1.807, 2.05) is 30.0 Å². The van der Waals surface area contributed by atoms with Crippen LogP contribution < -0.4 is 4.90 Å². The third-order valence-electron chi connectivity index (χ3n) is 7.11. The van der Waals surface area contributed by atoms with Crippen molar-refractivity contribution in [2.24, 2.45) is 5.92 Å². The van der Waals surface area contributed by atoms with Crippen LogP contribution in [0.3, 0.4) is 0 Å². The number of hydrogen-bond donors (Lipinski definition) is 0. The van der Waals surface area contributed by atoms with Crippen LogP contribution in [0.2, 0.25) is 0 Å². The number of rotatable bonds is 7. The number of nitrogens with zero attached hydrogens (tertiary/aromatic N) is 4. The van der Waals surface area contributed by atoms with Crippen molar-refractivity contribution in [3.8, 4) is 17.5 Å². The van der Waals surface area contributed by atoms with E-state index in [9.17, 15) is 18.4 Å². The molecule has 2 aromatic carbocycles. The molecule has 0 unspecified atom stereocenters. The summed E-state index contributed by atoms with van der Waals surface area (Å²) in [6.45, 7) is 5.75. The summed E-state index contributed by atoms with van der Waals surface area (Å²) >= 11 is 1.90. The highest BCUT2D eigenvalue weighted by molar-refractivity contribution is 7.98. The van der Waals surface area contributed by atoms with Gasteiger partial charge in [0, 0.05) is 36.2 Å². The normalized spacial score (nSPS) is 14.7. The first-order chi connectivity index (χ1) is 18.7. The molecule has 0 N–H and O–H groups in total. The van der Waals surface area contributed by atoms with Crippen molar-refractivity contribution in [3.05, 3.63) is 77.0 Å². The predicted molar refractivity (Wildman–Crippen MR) is 149 cm³/mol. The highest BCUT2D eigenvalue weighted by Crippen LogP contribution is 2.33. The van der Waals surface area contributed by atoms with Gasteiger partial charge in [-0.1, -0.05) is 26.0 Å². The molecule has 0 atom stereocenters. The first-order valence-electron chi connectivity index (χ1n) is 13.0. The molecule has 5 nitrogen and oxygen atoms in total. The van der Waals surface area contributed by atoms with Crippen LogP contribution in [0.4, 0.5) is 19.0 Å². The van der Waals surface area contributed by atoms with E-state index in [0.29, 0.717) is 28.7 Å². The van der Waals surface area contributed by atoms with Gasteiger partial charge < -0.3 is 9.32 Å². The minimum absolute atomic E-state index is 0.217. The Kier molecular flexibility index (Phi) is 7.85. The predicted octanol–water partition coefficient (Wildman–Crippen LogP) is 8.05. The number of nitriles is 1. The van der Waals surface area contributed by atoms with Crippen molar-refractivity contribution in [3.63, 3.8) is 0 Å². The summed E-state index contributed by atoms with van der Waals surface area (Å²) < 4.78 is 44.5. The van der Waals surface area contributed by atoms with Gasteiger partial charge in [0.15, 0.2) is 5.58 Å². The smallest absolute Gasteiger partial charge is 0.417 e. The lowest BCUT2D eigenvalue weighted by atomic mass is 9.99. The Labute approximate surface area is 230 Å². The van der Waals surface area contributed by atoms with Crippen LogP contribution >= 0.6 is 11.8 Å². The fourth-order valence-electron chi connectivity index (χ4n) is 4.83. The average Bonchev–Trinajstić information content (AvgIpc) is 3.37. The van der Waals surface area contributed by atoms with E-state index in [1.54, 1.807) is 6.07 Å². The van der Waals surface area contributed by atoms with Gasteiger partial charge in [0.25, 0.3) is 0 Å². The average molecular weight is 551 g/mol. The number of anilines is 1. The molecule has 1 fully saturated rings. The lowest BCUT2D eigenvalue weighted by Gasteiger charge is -2.32. The van der Waals surface area contributed by atoms with Gasteiger partial charge in [0.05, 0.1) is 17.2 Å². The zero-order chi connectivity index (χ0) is 27.6. The van der Waals surface area contributed by atoms with Gasteiger partial charge in [0.2, 0.25) is 5.89 Å². The molecular formula is C30H29F3N4OS. The van der Waals surface area contributed by atoms with Gasteiger partial charge in [-0.2, -0.15) is 30.2 Å². The van der Waals surface area contributed by atoms with E-state index < -0.39 is 11.7 Å². The molecule has 0 spiro atoms. The maximum absolute atomic E-state index is 12.8. The third kappa shape index (κ3) is 6.22. The lowest BCUT2D eigenvalue weighted by molar-refractivity contribution is -0.137. The maximum Gasteiger partial charge on any atom is 0.417 e. The summed E-state index contributed by atoms with van der Waals surface area (Å²) in [5.41, 5.74) is 4.41. The second-order valence-corrected chi connectivity index (χ2v) is 11.3. The summed E-state index contributed by atoms with van der Waals surface area (Å²) in [7, 11) is 0. The zero-order valence-electron chi connectivity index (χ0n) is 21.8. The highest BCUT2D eigenvalue weighted by atomic mass is 32.2. The number of alkyl halides is 3. The van der Waals surface area contributed by atoms with E-state index in [1.165, 1.54) is 11.6 Å². The number of pyridine rings is 1. The summed E-state index contributed by atoms with van der Waals surface area (Å²) in [5.74, 6) is 3.90. The minimum atomic E-state index is -4.36. The molecule has 0 saturated carbocycles. The number of benzene rings is 2. The Morgan fingerprint density at radius 1 is 1.10 bits per heavy atom. The standard InChI is InChI=1S/C30H29F3N4OS/c1-19(2)25-13-22(15-34)14-26-28(25)38-29(36-26)23-5-3-20(4-6-23)17-39-18-21-9-11-37(12-10-21)27-8-7-24(16-35-27)30(31,32)33/h3-8,13-14,16,19,21H,9-12,17-18H2,1-2H3. The Bertz CT molecular complexity index is 1470. The van der Waals surface area contributed by atoms with Crippen LogP contribution in [-0.4, -0.2) is 28.8 Å². The van der Waals surface area contributed by atoms with Crippen molar-refractivity contribution in [1.82, 2.24) is 9.97 Å². The van der Waals surface area contributed by atoms with Crippen LogP contribution in [0.25, 0.3) is 22.6 Å². The number of hydrogen-bond acceptors (Lipinski definition) is 6. The molecule has 9 heteroatoms. The fourth-order valence-corrected chi connectivity index (χ4v) is 6.04. The SMILES string of the molecule is CC(C)c1cc(C#N)cc2nc(-c3ccc(CSCC4CCN(c5ccc(C(F)(F)F)cn5)CC4)cc3)oc12. The number of aromatic nitrogens is 2. The van der Waals surface area contributed by atoms with Crippen LogP contribution in [-0.2, 0) is 11.9 Å². The molecule has 1 aliphatic heterocycles. The first kappa shape index (κ1) is 27.1. The van der Waals surface area contributed by atoms with Crippen LogP contribution in [0, 0.1) is 17.2 Å². The molecule has 1 saturated heterocycles. The lowest BCUT2D eigenvalue weighted by Crippen LogP contribution is -2.35. The van der Waals surface area contributed by atoms with Gasteiger partial charge in [-0.25, -0.2) is 9.97 Å². The molecule has 0 bridgehead atoms. The zero-order valence-corrected chi connectivity index (χ0v) is 22.6. The largest absolute Gasteiger partial charge is 0.436 e. The molecule has 39 heavy (non-hydrogen) atoms. The quantitative estimate of drug-likeness (QED) is 0.232. The van der Waals surface area contributed by atoms with Crippen LogP contribution in [0.15, 0.2) is 59.1 Å². The Balaban J connectivity index is 1.13. The third-order valence-corrected chi connectivity index (χ3v) is 8.35. The Morgan fingerprint density at radius 2 is 1.85 bits per heavy atom. The number of halogens is 3. The molecule has 2 aromatic heterocycles. The second kappa shape index (κ2) is 11.3. The number of piperidine rings is 1. The molecule has 4 aromatic rings. The fraction of sp³-hybridized carbons (Fsp3) is 0.367. The van der Waals surface area contributed by atoms with Crippen LogP contribution in [0.1, 0.15) is 54.9 Å². The van der Waals surface area contributed by atoms with E-state index in [4.69, 9.17) is 4.42 Å². The van der Waals surface area contributed by atoms with Crippen LogP contribution in [0.5, 0.6) is 0 Å². The Hall–Kier alpha value is -3.51. The second-order valence-electron chi connectivity index (χ2n) is 10.2. The minimum Gasteiger partial charge on any atom is -0.436 e. The highest BCUT2D eigenvalue weighted by Gasteiger charge is 2.31. The number of thioether (sulfide) groups is 1. The summed E-state index contributed by atoms with van der Waals surface area (Å²) in [6.07, 6.45) is -1.45. The maximum atomic E-state index is 12.8. The molecule has 202 valence electrons. The summed E-state index contributed by atoms with van der Waals surface area (Å²) in [6, 6.07) is 16.7. The Morgan fingerprint density at radius 3 is 2.46 bits per heavy atom. The molecule has 1 aliphatic rings. The van der Waals surface area contributed by atoms with E-state index in [0.717, 1.165) is 66.4 Å². The van der Waals surface area contributed by atoms with E-state index >= 15 is 0 Å². The van der Waals surface area contributed by atoms with Gasteiger partial charge in [-0.3, -0.25) is 0 Å². The molecule has 0 aliphatic carbocycles. The molecule has 0 radical (unpaired) electrons. The summed E-state index contributed by atoms with van der Waals surface area (Å²) in [5, 5.41) is 9.35.